The number of anilines is 3. The highest BCUT2D eigenvalue weighted by Crippen LogP contribution is 2.51. The Balaban J connectivity index is 1.10. The fraction of sp³-hybridized carbons (Fsp3) is 0. The molecule has 0 atom stereocenters. The highest BCUT2D eigenvalue weighted by Gasteiger charge is 2.26. The first-order valence-electron chi connectivity index (χ1n) is 16.7. The number of hydrogen-bond acceptors (Lipinski definition) is 2. The molecule has 3 heteroatoms. The van der Waals surface area contributed by atoms with Crippen molar-refractivity contribution in [1.82, 2.24) is 4.57 Å². The van der Waals surface area contributed by atoms with Gasteiger partial charge in [0.1, 0.15) is 0 Å². The van der Waals surface area contributed by atoms with E-state index in [-0.39, 0.29) is 0 Å². The van der Waals surface area contributed by atoms with Crippen LogP contribution < -0.4 is 9.64 Å². The summed E-state index contributed by atoms with van der Waals surface area (Å²) in [6.45, 7) is 0. The number of fused-ring (bicyclic) bond motifs is 6. The number of rotatable bonds is 4. The number of ether oxygens (including phenoxy) is 1. The van der Waals surface area contributed by atoms with Crippen LogP contribution in [0.15, 0.2) is 182 Å². The minimum absolute atomic E-state index is 0.838. The van der Waals surface area contributed by atoms with E-state index in [0.717, 1.165) is 45.4 Å². The molecule has 0 aliphatic carbocycles. The molecule has 0 radical (unpaired) electrons. The zero-order chi connectivity index (χ0) is 32.3. The number of para-hydroxylation sites is 3. The summed E-state index contributed by atoms with van der Waals surface area (Å²) in [6.07, 6.45) is 0. The van der Waals surface area contributed by atoms with Gasteiger partial charge in [0.05, 0.1) is 22.4 Å². The first-order valence-corrected chi connectivity index (χ1v) is 16.7. The predicted octanol–water partition coefficient (Wildman–Crippen LogP) is 12.8. The van der Waals surface area contributed by atoms with E-state index in [1.807, 2.05) is 12.1 Å². The van der Waals surface area contributed by atoms with Crippen LogP contribution in [-0.2, 0) is 0 Å². The molecule has 0 unspecified atom stereocenters. The van der Waals surface area contributed by atoms with Crippen molar-refractivity contribution in [2.75, 3.05) is 4.90 Å². The lowest BCUT2D eigenvalue weighted by Crippen LogP contribution is -2.15. The van der Waals surface area contributed by atoms with E-state index < -0.39 is 0 Å². The molecule has 0 spiro atoms. The minimum Gasteiger partial charge on any atom is -0.453 e. The maximum absolute atomic E-state index is 6.60. The Morgan fingerprint density at radius 3 is 1.98 bits per heavy atom. The van der Waals surface area contributed by atoms with Gasteiger partial charge in [0.25, 0.3) is 0 Å². The van der Waals surface area contributed by atoms with E-state index in [1.165, 1.54) is 43.7 Å². The van der Waals surface area contributed by atoms with Gasteiger partial charge in [-0.25, -0.2) is 0 Å². The molecule has 3 nitrogen and oxygen atoms in total. The van der Waals surface area contributed by atoms with Crippen LogP contribution in [0, 0.1) is 0 Å². The summed E-state index contributed by atoms with van der Waals surface area (Å²) < 4.78 is 8.98. The van der Waals surface area contributed by atoms with Crippen molar-refractivity contribution in [2.45, 2.75) is 0 Å². The van der Waals surface area contributed by atoms with E-state index >= 15 is 0 Å². The van der Waals surface area contributed by atoms with Crippen LogP contribution in [0.4, 0.5) is 17.1 Å². The van der Waals surface area contributed by atoms with Crippen molar-refractivity contribution in [1.29, 1.82) is 0 Å². The molecule has 0 fully saturated rings. The predicted molar refractivity (Wildman–Crippen MR) is 204 cm³/mol. The molecule has 49 heavy (non-hydrogen) atoms. The molecular formula is C46H30N2O. The summed E-state index contributed by atoms with van der Waals surface area (Å²) in [5.41, 5.74) is 11.4. The van der Waals surface area contributed by atoms with Crippen LogP contribution >= 0.6 is 0 Å². The monoisotopic (exact) mass is 626 g/mol. The molecule has 8 aromatic carbocycles. The van der Waals surface area contributed by atoms with Crippen LogP contribution in [0.3, 0.4) is 0 Å². The van der Waals surface area contributed by atoms with Gasteiger partial charge in [0.15, 0.2) is 11.5 Å². The van der Waals surface area contributed by atoms with Gasteiger partial charge in [-0.15, -0.1) is 0 Å². The first-order chi connectivity index (χ1) is 24.3. The van der Waals surface area contributed by atoms with Crippen molar-refractivity contribution in [2.24, 2.45) is 0 Å². The molecule has 10 rings (SSSR count). The van der Waals surface area contributed by atoms with Crippen molar-refractivity contribution >= 4 is 49.6 Å². The van der Waals surface area contributed by atoms with E-state index in [4.69, 9.17) is 4.74 Å². The molecule has 1 aliphatic heterocycles. The average molecular weight is 627 g/mol. The number of benzene rings is 8. The topological polar surface area (TPSA) is 17.4 Å². The average Bonchev–Trinajstić information content (AvgIpc) is 3.50. The van der Waals surface area contributed by atoms with Crippen molar-refractivity contribution in [3.63, 3.8) is 0 Å². The Hall–Kier alpha value is -6.58. The zero-order valence-corrected chi connectivity index (χ0v) is 26.6. The van der Waals surface area contributed by atoms with E-state index in [0.29, 0.717) is 0 Å². The summed E-state index contributed by atoms with van der Waals surface area (Å²) in [6, 6.07) is 64.9. The van der Waals surface area contributed by atoms with Crippen LogP contribution in [0.2, 0.25) is 0 Å². The number of hydrogen-bond donors (Lipinski definition) is 0. The van der Waals surface area contributed by atoms with Gasteiger partial charge in [-0.05, 0) is 99.8 Å². The second kappa shape index (κ2) is 11.0. The Morgan fingerprint density at radius 1 is 0.347 bits per heavy atom. The van der Waals surface area contributed by atoms with Gasteiger partial charge < -0.3 is 14.2 Å². The quantitative estimate of drug-likeness (QED) is 0.193. The third-order valence-electron chi connectivity index (χ3n) is 9.74. The molecule has 9 aromatic rings. The summed E-state index contributed by atoms with van der Waals surface area (Å²) in [7, 11) is 0. The Labute approximate surface area is 284 Å². The smallest absolute Gasteiger partial charge is 0.152 e. The Bertz CT molecular complexity index is 2710. The third kappa shape index (κ3) is 4.51. The molecule has 0 bridgehead atoms. The fourth-order valence-corrected chi connectivity index (χ4v) is 7.42. The Kier molecular flexibility index (Phi) is 6.18. The number of nitrogens with zero attached hydrogens (tertiary/aromatic N) is 2. The summed E-state index contributed by atoms with van der Waals surface area (Å²) in [5, 5.41) is 4.89. The molecule has 0 saturated carbocycles. The standard InChI is InChI=1S/C46H30N2O/c1-2-11-31(12-3-1)34-15-10-16-37(27-34)47-41-18-7-6-17-39(41)40-29-35(22-25-42(40)47)36-23-26-44-46(30-36)49-45-20-9-8-19-43(45)48(44)38-24-21-32-13-4-5-14-33(32)28-38/h1-30H. The largest absolute Gasteiger partial charge is 0.453 e. The molecular weight excluding hydrogens is 597 g/mol. The lowest BCUT2D eigenvalue weighted by Gasteiger charge is -2.33. The van der Waals surface area contributed by atoms with Gasteiger partial charge in [-0.2, -0.15) is 0 Å². The molecule has 0 saturated heterocycles. The lowest BCUT2D eigenvalue weighted by molar-refractivity contribution is 0.477. The second-order valence-corrected chi connectivity index (χ2v) is 12.6. The molecule has 0 amide bonds. The van der Waals surface area contributed by atoms with Crippen molar-refractivity contribution < 1.29 is 4.74 Å². The Morgan fingerprint density at radius 2 is 1.04 bits per heavy atom. The third-order valence-corrected chi connectivity index (χ3v) is 9.74. The molecule has 1 aromatic heterocycles. The van der Waals surface area contributed by atoms with Crippen molar-refractivity contribution in [3.8, 4) is 39.4 Å². The normalized spacial score (nSPS) is 12.2. The first kappa shape index (κ1) is 27.5. The molecule has 0 N–H and O–H groups in total. The highest BCUT2D eigenvalue weighted by atomic mass is 16.5. The minimum atomic E-state index is 0.838. The summed E-state index contributed by atoms with van der Waals surface area (Å²) >= 11 is 0. The van der Waals surface area contributed by atoms with Gasteiger partial charge in [0.2, 0.25) is 0 Å². The van der Waals surface area contributed by atoms with Crippen LogP contribution in [0.1, 0.15) is 0 Å². The molecule has 1 aliphatic rings. The molecule has 2 heterocycles. The van der Waals surface area contributed by atoms with Crippen LogP contribution in [-0.4, -0.2) is 4.57 Å². The summed E-state index contributed by atoms with van der Waals surface area (Å²) in [5.74, 6) is 1.68. The zero-order valence-electron chi connectivity index (χ0n) is 26.6. The highest BCUT2D eigenvalue weighted by molar-refractivity contribution is 6.10. The summed E-state index contributed by atoms with van der Waals surface area (Å²) in [4.78, 5) is 2.31. The van der Waals surface area contributed by atoms with Gasteiger partial charge in [-0.3, -0.25) is 0 Å². The van der Waals surface area contributed by atoms with Crippen LogP contribution in [0.25, 0.3) is 60.5 Å². The van der Waals surface area contributed by atoms with Gasteiger partial charge in [-0.1, -0.05) is 115 Å². The van der Waals surface area contributed by atoms with Gasteiger partial charge in [0, 0.05) is 22.1 Å². The van der Waals surface area contributed by atoms with Crippen molar-refractivity contribution in [3.05, 3.63) is 182 Å². The van der Waals surface area contributed by atoms with Crippen LogP contribution in [0.5, 0.6) is 11.5 Å². The van der Waals surface area contributed by atoms with E-state index in [2.05, 4.69) is 179 Å². The SMILES string of the molecule is c1ccc(-c2cccc(-n3c4ccccc4c4cc(-c5ccc6c(c5)Oc5ccccc5N6c5ccc6ccccc6c5)ccc43)c2)cc1. The number of aromatic nitrogens is 1. The van der Waals surface area contributed by atoms with Gasteiger partial charge >= 0.3 is 0 Å². The molecule has 230 valence electrons. The fourth-order valence-electron chi connectivity index (χ4n) is 7.42. The van der Waals surface area contributed by atoms with E-state index in [9.17, 15) is 0 Å². The lowest BCUT2D eigenvalue weighted by atomic mass is 10.0. The van der Waals surface area contributed by atoms with E-state index in [1.54, 1.807) is 0 Å². The maximum atomic E-state index is 6.60. The maximum Gasteiger partial charge on any atom is 0.152 e. The second-order valence-electron chi connectivity index (χ2n) is 12.6.